The lowest BCUT2D eigenvalue weighted by atomic mass is 9.85. The summed E-state index contributed by atoms with van der Waals surface area (Å²) in [6, 6.07) is 49.5. The van der Waals surface area contributed by atoms with Gasteiger partial charge in [-0.05, 0) is 80.5 Å². The first-order chi connectivity index (χ1) is 21.8. The summed E-state index contributed by atoms with van der Waals surface area (Å²) in [5.74, 6) is 0. The Kier molecular flexibility index (Phi) is 5.50. The molecule has 0 aliphatic heterocycles. The van der Waals surface area contributed by atoms with Crippen molar-refractivity contribution in [3.05, 3.63) is 152 Å². The third-order valence-corrected chi connectivity index (χ3v) is 8.71. The minimum absolute atomic E-state index is 0.933. The predicted molar refractivity (Wildman–Crippen MR) is 184 cm³/mol. The Balaban J connectivity index is 1.40. The van der Waals surface area contributed by atoms with Crippen LogP contribution in [0.25, 0.3) is 87.8 Å². The average molecular weight is 560 g/mol. The van der Waals surface area contributed by atoms with Crippen LogP contribution in [-0.2, 0) is 0 Å². The van der Waals surface area contributed by atoms with Gasteiger partial charge in [-0.25, -0.2) is 9.97 Å². The zero-order valence-corrected chi connectivity index (χ0v) is 23.8. The highest BCUT2D eigenvalue weighted by Crippen LogP contribution is 2.46. The van der Waals surface area contributed by atoms with E-state index >= 15 is 0 Å². The van der Waals surface area contributed by atoms with Gasteiger partial charge in [0.25, 0.3) is 0 Å². The lowest BCUT2D eigenvalue weighted by Gasteiger charge is -2.19. The molecule has 3 nitrogen and oxygen atoms in total. The Hall–Kier alpha value is -5.93. The van der Waals surface area contributed by atoms with Crippen LogP contribution in [0, 0.1) is 0 Å². The van der Waals surface area contributed by atoms with Crippen LogP contribution in [-0.4, -0.2) is 15.0 Å². The van der Waals surface area contributed by atoms with Gasteiger partial charge in [0.05, 0.1) is 22.4 Å². The van der Waals surface area contributed by atoms with Gasteiger partial charge in [-0.1, -0.05) is 97.1 Å². The Bertz CT molecular complexity index is 2500. The van der Waals surface area contributed by atoms with E-state index in [0.29, 0.717) is 0 Å². The molecule has 0 bridgehead atoms. The topological polar surface area (TPSA) is 38.7 Å². The summed E-state index contributed by atoms with van der Waals surface area (Å²) in [6.07, 6.45) is 3.63. The summed E-state index contributed by atoms with van der Waals surface area (Å²) < 4.78 is 0. The van der Waals surface area contributed by atoms with Crippen LogP contribution >= 0.6 is 0 Å². The zero-order chi connectivity index (χ0) is 29.0. The lowest BCUT2D eigenvalue weighted by molar-refractivity contribution is 1.29. The second-order valence-corrected chi connectivity index (χ2v) is 11.2. The molecule has 0 saturated heterocycles. The summed E-state index contributed by atoms with van der Waals surface area (Å²) in [7, 11) is 0. The van der Waals surface area contributed by atoms with E-state index < -0.39 is 0 Å². The van der Waals surface area contributed by atoms with Crippen molar-refractivity contribution >= 4 is 54.1 Å². The molecule has 0 amide bonds. The fourth-order valence-corrected chi connectivity index (χ4v) is 6.77. The Morgan fingerprint density at radius 2 is 0.977 bits per heavy atom. The molecule has 9 aromatic rings. The molecular weight excluding hydrogens is 534 g/mol. The van der Waals surface area contributed by atoms with Crippen molar-refractivity contribution in [1.82, 2.24) is 15.0 Å². The first-order valence-electron chi connectivity index (χ1n) is 14.9. The maximum atomic E-state index is 5.20. The maximum Gasteiger partial charge on any atom is 0.0788 e. The molecule has 0 aliphatic rings. The van der Waals surface area contributed by atoms with E-state index in [2.05, 4.69) is 132 Å². The number of aromatic nitrogens is 3. The van der Waals surface area contributed by atoms with Crippen LogP contribution in [0.1, 0.15) is 0 Å². The summed E-state index contributed by atoms with van der Waals surface area (Å²) >= 11 is 0. The van der Waals surface area contributed by atoms with Crippen molar-refractivity contribution in [1.29, 1.82) is 0 Å². The second kappa shape index (κ2) is 9.82. The SMILES string of the molecule is c1cc(-c2ccncc2)nc(-c2c3ccccc3c(-c3cc4cc5ccccc5nc4c4ccccc34)c3ccccc23)c1. The molecule has 0 unspecified atom stereocenters. The zero-order valence-electron chi connectivity index (χ0n) is 23.8. The van der Waals surface area contributed by atoms with E-state index in [9.17, 15) is 0 Å². The maximum absolute atomic E-state index is 5.20. The smallest absolute Gasteiger partial charge is 0.0788 e. The van der Waals surface area contributed by atoms with Gasteiger partial charge in [0.1, 0.15) is 0 Å². The highest BCUT2D eigenvalue weighted by molar-refractivity contribution is 6.25. The fraction of sp³-hybridized carbons (Fsp3) is 0. The van der Waals surface area contributed by atoms with Gasteiger partial charge in [0.2, 0.25) is 0 Å². The number of rotatable bonds is 3. The molecule has 0 radical (unpaired) electrons. The molecule has 3 heterocycles. The van der Waals surface area contributed by atoms with Crippen molar-refractivity contribution in [3.8, 4) is 33.6 Å². The van der Waals surface area contributed by atoms with E-state index in [1.807, 2.05) is 24.5 Å². The molecule has 204 valence electrons. The molecule has 3 aromatic heterocycles. The molecule has 6 aromatic carbocycles. The number of nitrogens with zero attached hydrogens (tertiary/aromatic N) is 3. The van der Waals surface area contributed by atoms with Crippen LogP contribution in [0.4, 0.5) is 0 Å². The minimum Gasteiger partial charge on any atom is -0.265 e. The van der Waals surface area contributed by atoms with Crippen molar-refractivity contribution in [2.45, 2.75) is 0 Å². The van der Waals surface area contributed by atoms with E-state index in [1.54, 1.807) is 0 Å². The number of hydrogen-bond donors (Lipinski definition) is 0. The first kappa shape index (κ1) is 24.6. The molecule has 0 atom stereocenters. The van der Waals surface area contributed by atoms with E-state index in [4.69, 9.17) is 9.97 Å². The van der Waals surface area contributed by atoms with Gasteiger partial charge in [-0.3, -0.25) is 4.98 Å². The van der Waals surface area contributed by atoms with Crippen molar-refractivity contribution in [2.24, 2.45) is 0 Å². The Morgan fingerprint density at radius 1 is 0.386 bits per heavy atom. The van der Waals surface area contributed by atoms with E-state index in [-0.39, 0.29) is 0 Å². The lowest BCUT2D eigenvalue weighted by Crippen LogP contribution is -1.95. The quantitative estimate of drug-likeness (QED) is 0.160. The van der Waals surface area contributed by atoms with Crippen LogP contribution in [0.3, 0.4) is 0 Å². The molecule has 0 fully saturated rings. The van der Waals surface area contributed by atoms with Crippen LogP contribution in [0.2, 0.25) is 0 Å². The average Bonchev–Trinajstić information content (AvgIpc) is 3.10. The van der Waals surface area contributed by atoms with Gasteiger partial charge in [-0.15, -0.1) is 0 Å². The van der Waals surface area contributed by atoms with Crippen molar-refractivity contribution in [2.75, 3.05) is 0 Å². The summed E-state index contributed by atoms with van der Waals surface area (Å²) in [5, 5.41) is 9.42. The molecule has 0 spiro atoms. The van der Waals surface area contributed by atoms with Crippen LogP contribution in [0.5, 0.6) is 0 Å². The molecule has 3 heteroatoms. The highest BCUT2D eigenvalue weighted by Gasteiger charge is 2.20. The van der Waals surface area contributed by atoms with Gasteiger partial charge in [0.15, 0.2) is 0 Å². The van der Waals surface area contributed by atoms with E-state index in [0.717, 1.165) is 49.7 Å². The molecule has 0 saturated carbocycles. The third kappa shape index (κ3) is 3.80. The standard InChI is InChI=1S/C41H25N3/c1-8-17-37-27(10-1)24-28-25-35(29-11-2-7-16-34(29)41(28)44-37)39-30-12-3-5-14-32(30)40(33-15-6-4-13-31(33)39)38-19-9-18-36(43-38)26-20-22-42-23-21-26/h1-25H. The molecule has 0 aliphatic carbocycles. The molecule has 0 N–H and O–H groups in total. The normalized spacial score (nSPS) is 11.6. The molecular formula is C41H25N3. The van der Waals surface area contributed by atoms with Gasteiger partial charge in [0, 0.05) is 39.7 Å². The fourth-order valence-electron chi connectivity index (χ4n) is 6.77. The minimum atomic E-state index is 0.933. The molecule has 44 heavy (non-hydrogen) atoms. The molecule has 9 rings (SSSR count). The van der Waals surface area contributed by atoms with Crippen molar-refractivity contribution < 1.29 is 0 Å². The second-order valence-electron chi connectivity index (χ2n) is 11.2. The Labute approximate surface area is 254 Å². The Morgan fingerprint density at radius 3 is 1.70 bits per heavy atom. The van der Waals surface area contributed by atoms with E-state index in [1.165, 1.54) is 38.1 Å². The van der Waals surface area contributed by atoms with Gasteiger partial charge >= 0.3 is 0 Å². The number of para-hydroxylation sites is 1. The summed E-state index contributed by atoms with van der Waals surface area (Å²) in [5.41, 5.74) is 8.58. The number of pyridine rings is 3. The third-order valence-electron chi connectivity index (χ3n) is 8.71. The predicted octanol–water partition coefficient (Wildman–Crippen LogP) is 10.6. The number of benzene rings is 6. The highest BCUT2D eigenvalue weighted by atomic mass is 14.7. The summed E-state index contributed by atoms with van der Waals surface area (Å²) in [6.45, 7) is 0. The van der Waals surface area contributed by atoms with Gasteiger partial charge in [-0.2, -0.15) is 0 Å². The van der Waals surface area contributed by atoms with Crippen molar-refractivity contribution in [3.63, 3.8) is 0 Å². The van der Waals surface area contributed by atoms with Crippen LogP contribution in [0.15, 0.2) is 152 Å². The summed E-state index contributed by atoms with van der Waals surface area (Å²) in [4.78, 5) is 14.5. The largest absolute Gasteiger partial charge is 0.265 e. The van der Waals surface area contributed by atoms with Gasteiger partial charge < -0.3 is 0 Å². The first-order valence-corrected chi connectivity index (χ1v) is 14.9. The van der Waals surface area contributed by atoms with Crippen LogP contribution < -0.4 is 0 Å². The monoisotopic (exact) mass is 559 g/mol. The number of hydrogen-bond acceptors (Lipinski definition) is 3. The number of fused-ring (bicyclic) bond motifs is 6.